The third-order valence-electron chi connectivity index (χ3n) is 4.00. The molecule has 0 unspecified atom stereocenters. The van der Waals surface area contributed by atoms with Crippen molar-refractivity contribution in [3.8, 4) is 11.5 Å². The Labute approximate surface area is 158 Å². The summed E-state index contributed by atoms with van der Waals surface area (Å²) >= 11 is 5.98. The van der Waals surface area contributed by atoms with Crippen molar-refractivity contribution < 1.29 is 26.8 Å². The molecule has 142 valence electrons. The lowest BCUT2D eigenvalue weighted by atomic mass is 10.1. The van der Waals surface area contributed by atoms with Crippen LogP contribution in [-0.4, -0.2) is 35.6 Å². The Morgan fingerprint density at radius 2 is 1.65 bits per heavy atom. The Balaban J connectivity index is 2.44. The van der Waals surface area contributed by atoms with Gasteiger partial charge in [-0.2, -0.15) is 8.42 Å². The highest BCUT2D eigenvalue weighted by Gasteiger charge is 2.32. The molecule has 2 aromatic carbocycles. The lowest BCUT2D eigenvalue weighted by molar-refractivity contribution is -0.198. The number of halogens is 1. The van der Waals surface area contributed by atoms with Gasteiger partial charge in [0.2, 0.25) is 5.79 Å². The van der Waals surface area contributed by atoms with E-state index >= 15 is 0 Å². The van der Waals surface area contributed by atoms with Gasteiger partial charge in [-0.15, -0.1) is 11.6 Å². The minimum absolute atomic E-state index is 0.0326. The van der Waals surface area contributed by atoms with Gasteiger partial charge in [0.15, 0.2) is 11.5 Å². The predicted molar refractivity (Wildman–Crippen MR) is 98.4 cm³/mol. The summed E-state index contributed by atoms with van der Waals surface area (Å²) < 4.78 is 46.5. The average molecular weight is 401 g/mol. The van der Waals surface area contributed by atoms with Crippen molar-refractivity contribution in [1.29, 1.82) is 0 Å². The molecule has 0 amide bonds. The number of ether oxygens (including phenoxy) is 3. The first kappa shape index (κ1) is 20.5. The number of rotatable bonds is 8. The van der Waals surface area contributed by atoms with Crippen LogP contribution in [0.2, 0.25) is 0 Å². The van der Waals surface area contributed by atoms with Crippen LogP contribution < -0.4 is 8.92 Å². The van der Waals surface area contributed by atoms with Crippen LogP contribution in [0.5, 0.6) is 11.5 Å². The lowest BCUT2D eigenvalue weighted by Crippen LogP contribution is -2.32. The zero-order chi connectivity index (χ0) is 19.4. The van der Waals surface area contributed by atoms with Gasteiger partial charge < -0.3 is 18.4 Å². The third kappa shape index (κ3) is 3.96. The quantitative estimate of drug-likeness (QED) is 0.384. The maximum absolute atomic E-state index is 12.6. The molecule has 0 aliphatic heterocycles. The normalized spacial score (nSPS) is 12.0. The first-order valence-corrected chi connectivity index (χ1v) is 9.62. The van der Waals surface area contributed by atoms with Crippen LogP contribution in [-0.2, 0) is 25.4 Å². The molecule has 0 N–H and O–H groups in total. The predicted octanol–water partition coefficient (Wildman–Crippen LogP) is 3.46. The van der Waals surface area contributed by atoms with Crippen molar-refractivity contribution in [3.05, 3.63) is 53.6 Å². The standard InChI is InChI=1S/C18H21ClO6S/c1-13-7-5-6-8-17(13)26(20,21)25-15-10-9-14(11-16(15)22-2)18(12-19,23-3)24-4/h5-11H,12H2,1-4H3. The van der Waals surface area contributed by atoms with Crippen molar-refractivity contribution in [2.75, 3.05) is 27.2 Å². The molecule has 0 bridgehead atoms. The number of alkyl halides is 1. The van der Waals surface area contributed by atoms with Gasteiger partial charge in [-0.1, -0.05) is 18.2 Å². The molecule has 0 heterocycles. The molecule has 2 rings (SSSR count). The summed E-state index contributed by atoms with van der Waals surface area (Å²) in [5, 5.41) is 0. The molecule has 0 aromatic heterocycles. The second-order valence-electron chi connectivity index (χ2n) is 5.46. The van der Waals surface area contributed by atoms with Crippen molar-refractivity contribution >= 4 is 21.7 Å². The first-order valence-electron chi connectivity index (χ1n) is 7.68. The molecular formula is C18H21ClO6S. The highest BCUT2D eigenvalue weighted by atomic mass is 35.5. The Kier molecular flexibility index (Phi) is 6.52. The van der Waals surface area contributed by atoms with Crippen LogP contribution in [0.15, 0.2) is 47.4 Å². The molecule has 8 heteroatoms. The molecule has 0 fully saturated rings. The monoisotopic (exact) mass is 400 g/mol. The lowest BCUT2D eigenvalue weighted by Gasteiger charge is -2.29. The van der Waals surface area contributed by atoms with E-state index in [9.17, 15) is 8.42 Å². The zero-order valence-electron chi connectivity index (χ0n) is 15.0. The molecule has 0 saturated carbocycles. The first-order chi connectivity index (χ1) is 12.3. The number of methoxy groups -OCH3 is 3. The molecule has 6 nitrogen and oxygen atoms in total. The van der Waals surface area contributed by atoms with E-state index in [1.54, 1.807) is 37.3 Å². The number of hydrogen-bond acceptors (Lipinski definition) is 6. The van der Waals surface area contributed by atoms with E-state index in [1.807, 2.05) is 0 Å². The van der Waals surface area contributed by atoms with E-state index in [4.69, 9.17) is 30.0 Å². The largest absolute Gasteiger partial charge is 0.493 e. The molecule has 0 aliphatic rings. The van der Waals surface area contributed by atoms with E-state index in [1.165, 1.54) is 33.5 Å². The van der Waals surface area contributed by atoms with E-state index < -0.39 is 15.9 Å². The maximum atomic E-state index is 12.6. The van der Waals surface area contributed by atoms with Gasteiger partial charge in [0, 0.05) is 19.8 Å². The number of benzene rings is 2. The molecule has 0 aliphatic carbocycles. The molecule has 0 radical (unpaired) electrons. The summed E-state index contributed by atoms with van der Waals surface area (Å²) in [5.74, 6) is -0.883. The van der Waals surface area contributed by atoms with Crippen LogP contribution in [0.25, 0.3) is 0 Å². The molecule has 2 aromatic rings. The van der Waals surface area contributed by atoms with Gasteiger partial charge in [0.05, 0.1) is 13.0 Å². The summed E-state index contributed by atoms with van der Waals surface area (Å²) in [6.07, 6.45) is 0. The molecule has 0 spiro atoms. The average Bonchev–Trinajstić information content (AvgIpc) is 2.64. The van der Waals surface area contributed by atoms with Crippen LogP contribution in [0.4, 0.5) is 0 Å². The summed E-state index contributed by atoms with van der Waals surface area (Å²) in [6.45, 7) is 1.70. The molecule has 0 saturated heterocycles. The summed E-state index contributed by atoms with van der Waals surface area (Å²) in [7, 11) is 0.328. The fourth-order valence-corrected chi connectivity index (χ4v) is 4.02. The van der Waals surface area contributed by atoms with Gasteiger partial charge in [-0.25, -0.2) is 0 Å². The van der Waals surface area contributed by atoms with Gasteiger partial charge in [0.1, 0.15) is 4.90 Å². The van der Waals surface area contributed by atoms with E-state index in [2.05, 4.69) is 0 Å². The third-order valence-corrected chi connectivity index (χ3v) is 5.75. The van der Waals surface area contributed by atoms with E-state index in [0.29, 0.717) is 11.1 Å². The fraction of sp³-hybridized carbons (Fsp3) is 0.333. The SMILES string of the molecule is COc1cc(C(CCl)(OC)OC)ccc1OS(=O)(=O)c1ccccc1C. The summed E-state index contributed by atoms with van der Waals surface area (Å²) in [6, 6.07) is 11.2. The van der Waals surface area contributed by atoms with Crippen LogP contribution >= 0.6 is 11.6 Å². The van der Waals surface area contributed by atoms with Crippen LogP contribution in [0.3, 0.4) is 0 Å². The van der Waals surface area contributed by atoms with Gasteiger partial charge >= 0.3 is 10.1 Å². The fourth-order valence-electron chi connectivity index (χ4n) is 2.48. The Morgan fingerprint density at radius 1 is 1.00 bits per heavy atom. The zero-order valence-corrected chi connectivity index (χ0v) is 16.6. The van der Waals surface area contributed by atoms with Crippen molar-refractivity contribution in [3.63, 3.8) is 0 Å². The van der Waals surface area contributed by atoms with Gasteiger partial charge in [0.25, 0.3) is 0 Å². The summed E-state index contributed by atoms with van der Waals surface area (Å²) in [4.78, 5) is 0.0926. The molecular weight excluding hydrogens is 380 g/mol. The van der Waals surface area contributed by atoms with Crippen molar-refractivity contribution in [1.82, 2.24) is 0 Å². The van der Waals surface area contributed by atoms with Crippen molar-refractivity contribution in [2.24, 2.45) is 0 Å². The topological polar surface area (TPSA) is 71.1 Å². The minimum Gasteiger partial charge on any atom is -0.493 e. The maximum Gasteiger partial charge on any atom is 0.339 e. The van der Waals surface area contributed by atoms with Crippen LogP contribution in [0, 0.1) is 6.92 Å². The Bertz CT molecular complexity index is 853. The minimum atomic E-state index is -4.01. The van der Waals surface area contributed by atoms with Gasteiger partial charge in [-0.05, 0) is 36.8 Å². The van der Waals surface area contributed by atoms with E-state index in [-0.39, 0.29) is 22.3 Å². The van der Waals surface area contributed by atoms with Crippen molar-refractivity contribution in [2.45, 2.75) is 17.6 Å². The second kappa shape index (κ2) is 8.26. The highest BCUT2D eigenvalue weighted by molar-refractivity contribution is 7.87. The molecule has 26 heavy (non-hydrogen) atoms. The smallest absolute Gasteiger partial charge is 0.339 e. The second-order valence-corrected chi connectivity index (χ2v) is 7.25. The summed E-state index contributed by atoms with van der Waals surface area (Å²) in [5.41, 5.74) is 1.15. The highest BCUT2D eigenvalue weighted by Crippen LogP contribution is 2.36. The van der Waals surface area contributed by atoms with E-state index in [0.717, 1.165) is 0 Å². The Morgan fingerprint density at radius 3 is 2.19 bits per heavy atom. The van der Waals surface area contributed by atoms with Gasteiger partial charge in [-0.3, -0.25) is 0 Å². The van der Waals surface area contributed by atoms with Crippen LogP contribution in [0.1, 0.15) is 11.1 Å². The number of aryl methyl sites for hydroxylation is 1. The Hall–Kier alpha value is -1.80. The molecule has 0 atom stereocenters. The number of hydrogen-bond donors (Lipinski definition) is 0.